The summed E-state index contributed by atoms with van der Waals surface area (Å²) in [7, 11) is -0.405. The van der Waals surface area contributed by atoms with Crippen LogP contribution in [0.1, 0.15) is 41.5 Å². The van der Waals surface area contributed by atoms with Crippen LogP contribution >= 0.6 is 0 Å². The second-order valence-electron chi connectivity index (χ2n) is 8.49. The Hall–Kier alpha value is -1.68. The van der Waals surface area contributed by atoms with Crippen LogP contribution < -0.4 is 10.0 Å². The fraction of sp³-hybridized carbons (Fsp3) is 0.824. The lowest BCUT2D eigenvalue weighted by Crippen LogP contribution is -2.57. The third-order valence-electron chi connectivity index (χ3n) is 3.93. The first kappa shape index (κ1) is 25.3. The lowest BCUT2D eigenvalue weighted by atomic mass is 9.85. The van der Waals surface area contributed by atoms with Crippen molar-refractivity contribution >= 4 is 27.7 Å². The van der Waals surface area contributed by atoms with Crippen molar-refractivity contribution in [2.24, 2.45) is 5.41 Å². The van der Waals surface area contributed by atoms with Crippen LogP contribution in [0.4, 0.5) is 0 Å². The van der Waals surface area contributed by atoms with E-state index in [-0.39, 0.29) is 24.9 Å². The number of hydrogen-bond acceptors (Lipinski definition) is 5. The number of likely N-dealkylation sites (N-methyl/N-ethyl adjacent to an activating group) is 2. The van der Waals surface area contributed by atoms with Crippen LogP contribution in [-0.4, -0.2) is 81.0 Å². The second-order valence-corrected chi connectivity index (χ2v) is 10.2. The molecule has 0 aliphatic heterocycles. The molecule has 0 saturated heterocycles. The van der Waals surface area contributed by atoms with Crippen molar-refractivity contribution in [1.29, 1.82) is 0 Å². The van der Waals surface area contributed by atoms with Gasteiger partial charge in [-0.1, -0.05) is 20.8 Å². The van der Waals surface area contributed by atoms with Crippen LogP contribution in [0.2, 0.25) is 0 Å². The van der Waals surface area contributed by atoms with E-state index in [1.54, 1.807) is 14.1 Å². The summed E-state index contributed by atoms with van der Waals surface area (Å²) in [6.07, 6.45) is 0.989. The molecule has 10 heteroatoms. The van der Waals surface area contributed by atoms with E-state index in [2.05, 4.69) is 10.0 Å². The van der Waals surface area contributed by atoms with Gasteiger partial charge in [-0.15, -0.1) is 0 Å². The maximum Gasteiger partial charge on any atom is 0.245 e. The quantitative estimate of drug-likeness (QED) is 0.578. The van der Waals surface area contributed by atoms with Gasteiger partial charge in [-0.25, -0.2) is 13.1 Å². The molecule has 0 aromatic heterocycles. The van der Waals surface area contributed by atoms with Gasteiger partial charge in [0.15, 0.2) is 0 Å². The van der Waals surface area contributed by atoms with Crippen LogP contribution in [0.15, 0.2) is 0 Å². The molecule has 1 atom stereocenters. The molecule has 0 unspecified atom stereocenters. The first-order valence-corrected chi connectivity index (χ1v) is 10.5. The van der Waals surface area contributed by atoms with E-state index in [4.69, 9.17) is 0 Å². The number of amides is 3. The molecule has 0 spiro atoms. The first-order chi connectivity index (χ1) is 11.9. The summed E-state index contributed by atoms with van der Waals surface area (Å²) in [5.74, 6) is -0.965. The molecule has 0 rings (SSSR count). The molecule has 3 amide bonds. The van der Waals surface area contributed by atoms with Crippen molar-refractivity contribution in [2.75, 3.05) is 33.4 Å². The summed E-state index contributed by atoms with van der Waals surface area (Å²) in [5, 5.41) is 2.67. The zero-order valence-electron chi connectivity index (χ0n) is 17.8. The summed E-state index contributed by atoms with van der Waals surface area (Å²) in [6.45, 7) is 10.3. The largest absolute Gasteiger partial charge is 0.344 e. The Kier molecular flexibility index (Phi) is 8.45. The number of sulfonamides is 1. The molecule has 27 heavy (non-hydrogen) atoms. The summed E-state index contributed by atoms with van der Waals surface area (Å²) in [4.78, 5) is 39.4. The van der Waals surface area contributed by atoms with Crippen LogP contribution in [0, 0.1) is 5.41 Å². The summed E-state index contributed by atoms with van der Waals surface area (Å²) in [5.41, 5.74) is -1.77. The third kappa shape index (κ3) is 8.70. The normalized spacial score (nSPS) is 13.7. The first-order valence-electron chi connectivity index (χ1n) is 8.65. The Morgan fingerprint density at radius 2 is 1.41 bits per heavy atom. The fourth-order valence-corrected chi connectivity index (χ4v) is 3.58. The molecule has 158 valence electrons. The molecule has 0 aliphatic carbocycles. The van der Waals surface area contributed by atoms with E-state index in [0.29, 0.717) is 0 Å². The summed E-state index contributed by atoms with van der Waals surface area (Å²) in [6, 6.07) is -0.690. The van der Waals surface area contributed by atoms with Crippen molar-refractivity contribution in [1.82, 2.24) is 19.8 Å². The van der Waals surface area contributed by atoms with Gasteiger partial charge in [0.2, 0.25) is 27.7 Å². The topological polar surface area (TPSA) is 116 Å². The predicted molar refractivity (Wildman–Crippen MR) is 104 cm³/mol. The monoisotopic (exact) mass is 406 g/mol. The van der Waals surface area contributed by atoms with Crippen molar-refractivity contribution in [2.45, 2.75) is 53.1 Å². The SMILES string of the molecule is CC(=O)N[C@@H](C(=O)N(C)CCN(C)C(=O)C(C)(C)NS(C)(=O)=O)C(C)(C)C. The van der Waals surface area contributed by atoms with E-state index < -0.39 is 32.9 Å². The zero-order valence-corrected chi connectivity index (χ0v) is 18.7. The second kappa shape index (κ2) is 9.01. The highest BCUT2D eigenvalue weighted by molar-refractivity contribution is 7.88. The highest BCUT2D eigenvalue weighted by atomic mass is 32.2. The Labute approximate surface area is 162 Å². The van der Waals surface area contributed by atoms with Crippen LogP contribution in [0.3, 0.4) is 0 Å². The highest BCUT2D eigenvalue weighted by Crippen LogP contribution is 2.21. The lowest BCUT2D eigenvalue weighted by molar-refractivity contribution is -0.140. The van der Waals surface area contributed by atoms with Crippen molar-refractivity contribution in [3.05, 3.63) is 0 Å². The Balaban J connectivity index is 5.01. The van der Waals surface area contributed by atoms with Gasteiger partial charge in [0, 0.05) is 34.1 Å². The van der Waals surface area contributed by atoms with Crippen molar-refractivity contribution < 1.29 is 22.8 Å². The van der Waals surface area contributed by atoms with E-state index in [1.807, 2.05) is 20.8 Å². The van der Waals surface area contributed by atoms with Gasteiger partial charge < -0.3 is 15.1 Å². The van der Waals surface area contributed by atoms with Crippen LogP contribution in [0.5, 0.6) is 0 Å². The molecule has 9 nitrogen and oxygen atoms in total. The Morgan fingerprint density at radius 3 is 1.78 bits per heavy atom. The van der Waals surface area contributed by atoms with E-state index in [0.717, 1.165) is 6.26 Å². The van der Waals surface area contributed by atoms with Gasteiger partial charge in [-0.2, -0.15) is 0 Å². The Bertz CT molecular complexity index is 667. The number of carbonyl (C=O) groups excluding carboxylic acids is 3. The van der Waals surface area contributed by atoms with Crippen LogP contribution in [0.25, 0.3) is 0 Å². The van der Waals surface area contributed by atoms with Gasteiger partial charge >= 0.3 is 0 Å². The van der Waals surface area contributed by atoms with Gasteiger partial charge in [0.25, 0.3) is 0 Å². The molecular weight excluding hydrogens is 372 g/mol. The van der Waals surface area contributed by atoms with E-state index in [9.17, 15) is 22.8 Å². The number of hydrogen-bond donors (Lipinski definition) is 2. The van der Waals surface area contributed by atoms with Gasteiger partial charge in [0.05, 0.1) is 6.26 Å². The van der Waals surface area contributed by atoms with Gasteiger partial charge in [0.1, 0.15) is 11.6 Å². The van der Waals surface area contributed by atoms with Crippen molar-refractivity contribution in [3.63, 3.8) is 0 Å². The molecule has 2 N–H and O–H groups in total. The molecule has 0 bridgehead atoms. The predicted octanol–water partition coefficient (Wildman–Crippen LogP) is -0.218. The minimum absolute atomic E-state index is 0.215. The summed E-state index contributed by atoms with van der Waals surface area (Å²) < 4.78 is 25.1. The molecule has 0 radical (unpaired) electrons. The fourth-order valence-electron chi connectivity index (χ4n) is 2.57. The molecule has 0 heterocycles. The van der Waals surface area contributed by atoms with Gasteiger partial charge in [-0.05, 0) is 19.3 Å². The minimum Gasteiger partial charge on any atom is -0.344 e. The van der Waals surface area contributed by atoms with E-state index >= 15 is 0 Å². The van der Waals surface area contributed by atoms with Gasteiger partial charge in [-0.3, -0.25) is 14.4 Å². The molecule has 0 aromatic carbocycles. The average molecular weight is 407 g/mol. The molecule has 0 saturated carbocycles. The molecule has 0 fully saturated rings. The molecular formula is C17H34N4O5S. The third-order valence-corrected chi connectivity index (χ3v) is 4.81. The Morgan fingerprint density at radius 1 is 0.963 bits per heavy atom. The van der Waals surface area contributed by atoms with Crippen molar-refractivity contribution in [3.8, 4) is 0 Å². The number of carbonyl (C=O) groups is 3. The number of rotatable bonds is 8. The standard InChI is InChI=1S/C17H34N4O5S/c1-12(22)18-13(16(2,3)4)14(23)20(7)10-11-21(8)15(24)17(5,6)19-27(9,25)26/h13,19H,10-11H2,1-9H3,(H,18,22)/t13-/m0/s1. The average Bonchev–Trinajstić information content (AvgIpc) is 2.44. The summed E-state index contributed by atoms with van der Waals surface area (Å²) >= 11 is 0. The van der Waals surface area contributed by atoms with Crippen LogP contribution in [-0.2, 0) is 24.4 Å². The number of nitrogens with zero attached hydrogens (tertiary/aromatic N) is 2. The maximum absolute atomic E-state index is 12.7. The zero-order chi connectivity index (χ0) is 21.8. The lowest BCUT2D eigenvalue weighted by Gasteiger charge is -2.34. The highest BCUT2D eigenvalue weighted by Gasteiger charge is 2.35. The van der Waals surface area contributed by atoms with E-state index in [1.165, 1.54) is 30.6 Å². The smallest absolute Gasteiger partial charge is 0.245 e. The maximum atomic E-state index is 12.7. The number of nitrogens with one attached hydrogen (secondary N) is 2. The minimum atomic E-state index is -3.55. The molecule has 0 aromatic rings. The molecule has 0 aliphatic rings.